The topological polar surface area (TPSA) is 69.6 Å². The number of hydrogen-bond donors (Lipinski definition) is 2. The number of hydrogen-bond acceptors (Lipinski definition) is 2. The van der Waals surface area contributed by atoms with Gasteiger partial charge in [0.25, 0.3) is 0 Å². The smallest absolute Gasteiger partial charge is 0.317 e. The summed E-state index contributed by atoms with van der Waals surface area (Å²) >= 11 is 0. The molecule has 1 saturated heterocycles. The van der Waals surface area contributed by atoms with Gasteiger partial charge in [0, 0.05) is 19.1 Å². The van der Waals surface area contributed by atoms with E-state index < -0.39 is 11.9 Å². The van der Waals surface area contributed by atoms with E-state index in [1.54, 1.807) is 4.90 Å². The highest BCUT2D eigenvalue weighted by molar-refractivity contribution is 5.77. The summed E-state index contributed by atoms with van der Waals surface area (Å²) in [6.07, 6.45) is 4.49. The molecule has 108 valence electrons. The molecule has 2 rings (SSSR count). The van der Waals surface area contributed by atoms with Gasteiger partial charge in [-0.15, -0.1) is 0 Å². The van der Waals surface area contributed by atoms with Crippen LogP contribution in [0.2, 0.25) is 0 Å². The zero-order valence-corrected chi connectivity index (χ0v) is 11.8. The standard InChI is InChI=1S/C14H24N2O3/c1-9-4-3-5-11(6-9)15-14(19)16-7-10(2)12(8-16)13(17)18/h9-12H,3-8H2,1-2H3,(H,15,19)(H,17,18)/t9?,10-,11?,12-/m1/s1. The summed E-state index contributed by atoms with van der Waals surface area (Å²) in [7, 11) is 0. The van der Waals surface area contributed by atoms with Crippen LogP contribution in [-0.4, -0.2) is 41.1 Å². The van der Waals surface area contributed by atoms with Crippen LogP contribution in [0, 0.1) is 17.8 Å². The molecule has 0 aromatic carbocycles. The van der Waals surface area contributed by atoms with Crippen LogP contribution in [0.4, 0.5) is 4.79 Å². The van der Waals surface area contributed by atoms with Crippen molar-refractivity contribution in [1.82, 2.24) is 10.2 Å². The number of likely N-dealkylation sites (tertiary alicyclic amines) is 1. The first-order valence-electron chi connectivity index (χ1n) is 7.25. The lowest BCUT2D eigenvalue weighted by atomic mass is 9.87. The molecule has 2 aliphatic rings. The molecule has 2 unspecified atom stereocenters. The Morgan fingerprint density at radius 2 is 1.95 bits per heavy atom. The maximum atomic E-state index is 12.2. The van der Waals surface area contributed by atoms with E-state index in [0.717, 1.165) is 12.8 Å². The van der Waals surface area contributed by atoms with Crippen molar-refractivity contribution in [2.75, 3.05) is 13.1 Å². The minimum absolute atomic E-state index is 0.0357. The summed E-state index contributed by atoms with van der Waals surface area (Å²) in [5.74, 6) is -0.512. The minimum Gasteiger partial charge on any atom is -0.481 e. The van der Waals surface area contributed by atoms with Crippen LogP contribution in [0.15, 0.2) is 0 Å². The van der Waals surface area contributed by atoms with Gasteiger partial charge in [-0.25, -0.2) is 4.79 Å². The Bertz CT molecular complexity index is 359. The zero-order valence-electron chi connectivity index (χ0n) is 11.8. The number of aliphatic carboxylic acids is 1. The maximum Gasteiger partial charge on any atom is 0.317 e. The summed E-state index contributed by atoms with van der Waals surface area (Å²) in [6.45, 7) is 5.00. The summed E-state index contributed by atoms with van der Waals surface area (Å²) in [5, 5.41) is 12.1. The predicted molar refractivity (Wildman–Crippen MR) is 71.8 cm³/mol. The molecule has 0 radical (unpaired) electrons. The Morgan fingerprint density at radius 1 is 1.21 bits per heavy atom. The molecule has 19 heavy (non-hydrogen) atoms. The van der Waals surface area contributed by atoms with E-state index in [1.807, 2.05) is 6.92 Å². The van der Waals surface area contributed by atoms with Gasteiger partial charge in [-0.1, -0.05) is 26.7 Å². The quantitative estimate of drug-likeness (QED) is 0.804. The third kappa shape index (κ3) is 3.39. The highest BCUT2D eigenvalue weighted by Crippen LogP contribution is 2.25. The lowest BCUT2D eigenvalue weighted by Gasteiger charge is -2.29. The van der Waals surface area contributed by atoms with E-state index in [2.05, 4.69) is 12.2 Å². The van der Waals surface area contributed by atoms with Gasteiger partial charge >= 0.3 is 12.0 Å². The molecule has 1 aliphatic carbocycles. The highest BCUT2D eigenvalue weighted by atomic mass is 16.4. The van der Waals surface area contributed by atoms with Crippen LogP contribution < -0.4 is 5.32 Å². The van der Waals surface area contributed by atoms with Crippen molar-refractivity contribution in [3.8, 4) is 0 Å². The summed E-state index contributed by atoms with van der Waals surface area (Å²) in [6, 6.07) is 0.171. The fourth-order valence-electron chi connectivity index (χ4n) is 3.29. The molecular weight excluding hydrogens is 244 g/mol. The van der Waals surface area contributed by atoms with Crippen molar-refractivity contribution in [2.24, 2.45) is 17.8 Å². The number of carbonyl (C=O) groups excluding carboxylic acids is 1. The van der Waals surface area contributed by atoms with Gasteiger partial charge in [0.1, 0.15) is 0 Å². The number of carboxylic acid groups (broad SMARTS) is 1. The van der Waals surface area contributed by atoms with Gasteiger partial charge in [0.05, 0.1) is 5.92 Å². The van der Waals surface area contributed by atoms with Crippen LogP contribution in [0.25, 0.3) is 0 Å². The molecule has 0 aromatic rings. The fraction of sp³-hybridized carbons (Fsp3) is 0.857. The van der Waals surface area contributed by atoms with Crippen LogP contribution in [0.1, 0.15) is 39.5 Å². The first-order chi connectivity index (χ1) is 8.97. The van der Waals surface area contributed by atoms with Crippen LogP contribution >= 0.6 is 0 Å². The van der Waals surface area contributed by atoms with Crippen LogP contribution in [0.3, 0.4) is 0 Å². The van der Waals surface area contributed by atoms with Crippen LogP contribution in [-0.2, 0) is 4.79 Å². The number of carbonyl (C=O) groups is 2. The van der Waals surface area contributed by atoms with E-state index >= 15 is 0 Å². The molecule has 5 heteroatoms. The van der Waals surface area contributed by atoms with E-state index in [1.165, 1.54) is 12.8 Å². The Kier molecular flexibility index (Phi) is 4.32. The zero-order chi connectivity index (χ0) is 14.0. The maximum absolute atomic E-state index is 12.2. The third-order valence-corrected chi connectivity index (χ3v) is 4.48. The third-order valence-electron chi connectivity index (χ3n) is 4.48. The summed E-state index contributed by atoms with van der Waals surface area (Å²) in [5.41, 5.74) is 0. The largest absolute Gasteiger partial charge is 0.481 e. The molecule has 1 saturated carbocycles. The number of nitrogens with zero attached hydrogens (tertiary/aromatic N) is 1. The number of rotatable bonds is 2. The Hall–Kier alpha value is -1.26. The lowest BCUT2D eigenvalue weighted by Crippen LogP contribution is -2.45. The molecule has 5 nitrogen and oxygen atoms in total. The normalized spacial score (nSPS) is 35.2. The fourth-order valence-corrected chi connectivity index (χ4v) is 3.29. The van der Waals surface area contributed by atoms with E-state index in [4.69, 9.17) is 5.11 Å². The second kappa shape index (κ2) is 5.80. The Labute approximate surface area is 114 Å². The second-order valence-electron chi connectivity index (χ2n) is 6.25. The number of nitrogens with one attached hydrogen (secondary N) is 1. The van der Waals surface area contributed by atoms with E-state index in [9.17, 15) is 9.59 Å². The molecule has 2 amide bonds. The van der Waals surface area contributed by atoms with Crippen molar-refractivity contribution < 1.29 is 14.7 Å². The number of urea groups is 1. The van der Waals surface area contributed by atoms with E-state index in [-0.39, 0.29) is 18.0 Å². The Balaban J connectivity index is 1.85. The molecule has 4 atom stereocenters. The molecular formula is C14H24N2O3. The van der Waals surface area contributed by atoms with Crippen LogP contribution in [0.5, 0.6) is 0 Å². The lowest BCUT2D eigenvalue weighted by molar-refractivity contribution is -0.142. The second-order valence-corrected chi connectivity index (χ2v) is 6.25. The highest BCUT2D eigenvalue weighted by Gasteiger charge is 2.37. The molecule has 0 aromatic heterocycles. The van der Waals surface area contributed by atoms with Crippen molar-refractivity contribution in [2.45, 2.75) is 45.6 Å². The SMILES string of the molecule is CC1CCCC(NC(=O)N2C[C@@H](C)[C@H](C(=O)O)C2)C1. The van der Waals surface area contributed by atoms with Crippen molar-refractivity contribution in [3.63, 3.8) is 0 Å². The van der Waals surface area contributed by atoms with E-state index in [0.29, 0.717) is 19.0 Å². The monoisotopic (exact) mass is 268 g/mol. The molecule has 0 bridgehead atoms. The van der Waals surface area contributed by atoms with Gasteiger partial charge in [-0.05, 0) is 24.7 Å². The Morgan fingerprint density at radius 3 is 2.53 bits per heavy atom. The average molecular weight is 268 g/mol. The number of amides is 2. The molecule has 0 spiro atoms. The molecule has 2 N–H and O–H groups in total. The predicted octanol–water partition coefficient (Wildman–Crippen LogP) is 1.93. The number of carboxylic acids is 1. The van der Waals surface area contributed by atoms with Gasteiger partial charge in [-0.2, -0.15) is 0 Å². The van der Waals surface area contributed by atoms with Crippen molar-refractivity contribution >= 4 is 12.0 Å². The van der Waals surface area contributed by atoms with Gasteiger partial charge < -0.3 is 15.3 Å². The summed E-state index contributed by atoms with van der Waals surface area (Å²) in [4.78, 5) is 24.9. The molecule has 1 aliphatic heterocycles. The minimum atomic E-state index is -0.797. The van der Waals surface area contributed by atoms with Crippen molar-refractivity contribution in [3.05, 3.63) is 0 Å². The average Bonchev–Trinajstić information content (AvgIpc) is 2.71. The summed E-state index contributed by atoms with van der Waals surface area (Å²) < 4.78 is 0. The molecule has 2 fully saturated rings. The van der Waals surface area contributed by atoms with Gasteiger partial charge in [0.15, 0.2) is 0 Å². The van der Waals surface area contributed by atoms with Gasteiger partial charge in [0.2, 0.25) is 0 Å². The molecule has 1 heterocycles. The first kappa shape index (κ1) is 14.2. The van der Waals surface area contributed by atoms with Gasteiger partial charge in [-0.3, -0.25) is 4.79 Å². The first-order valence-corrected chi connectivity index (χ1v) is 7.25. The van der Waals surface area contributed by atoms with Crippen molar-refractivity contribution in [1.29, 1.82) is 0 Å².